The molecule has 0 bridgehead atoms. The Morgan fingerprint density at radius 3 is 2.15 bits per heavy atom. The van der Waals surface area contributed by atoms with Crippen molar-refractivity contribution in [3.05, 3.63) is 65.7 Å². The Morgan fingerprint density at radius 1 is 1.04 bits per heavy atom. The van der Waals surface area contributed by atoms with Gasteiger partial charge in [0.15, 0.2) is 7.05 Å². The van der Waals surface area contributed by atoms with Crippen LogP contribution in [0.25, 0.3) is 22.5 Å². The molecule has 3 aromatic rings. The zero-order chi connectivity index (χ0) is 19.3. The van der Waals surface area contributed by atoms with Gasteiger partial charge in [-0.05, 0) is 18.2 Å². The van der Waals surface area contributed by atoms with Crippen molar-refractivity contribution >= 4 is 22.0 Å². The summed E-state index contributed by atoms with van der Waals surface area (Å²) in [4.78, 5) is 0. The molecule has 0 unspecified atom stereocenters. The average Bonchev–Trinajstić information content (AvgIpc) is 2.91. The lowest BCUT2D eigenvalue weighted by molar-refractivity contribution is -0.740. The third-order valence-corrected chi connectivity index (χ3v) is 4.46. The summed E-state index contributed by atoms with van der Waals surface area (Å²) in [5.74, 6) is 0. The molecule has 0 N–H and O–H groups in total. The van der Waals surface area contributed by atoms with Crippen molar-refractivity contribution in [2.24, 2.45) is 14.1 Å². The quantitative estimate of drug-likeness (QED) is 0.389. The molecule has 1 aromatic heterocycles. The molecule has 138 valence electrons. The van der Waals surface area contributed by atoms with Crippen molar-refractivity contribution in [2.75, 3.05) is 7.11 Å². The van der Waals surface area contributed by atoms with E-state index in [1.54, 1.807) is 0 Å². The van der Waals surface area contributed by atoms with Gasteiger partial charge in [-0.1, -0.05) is 48.0 Å². The van der Waals surface area contributed by atoms with Crippen LogP contribution < -0.4 is 4.68 Å². The third-order valence-electron chi connectivity index (χ3n) is 3.81. The van der Waals surface area contributed by atoms with E-state index in [2.05, 4.69) is 64.0 Å². The molecule has 26 heavy (non-hydrogen) atoms. The number of hydrogen-bond donors (Lipinski definition) is 0. The highest BCUT2D eigenvalue weighted by Gasteiger charge is 2.19. The summed E-state index contributed by atoms with van der Waals surface area (Å²) in [5, 5.41) is 0.757. The van der Waals surface area contributed by atoms with Crippen molar-refractivity contribution in [3.8, 4) is 22.5 Å². The van der Waals surface area contributed by atoms with Crippen LogP contribution in [0, 0.1) is 0 Å². The van der Waals surface area contributed by atoms with Crippen LogP contribution in [-0.2, 0) is 28.7 Å². The number of aromatic nitrogens is 2. The normalized spacial score (nSPS) is 11.0. The van der Waals surface area contributed by atoms with Crippen LogP contribution in [-0.4, -0.2) is 24.8 Å². The van der Waals surface area contributed by atoms with E-state index in [4.69, 9.17) is 11.6 Å². The second kappa shape index (κ2) is 8.46. The smallest absolute Gasteiger partial charge is 0.238 e. The fourth-order valence-electron chi connectivity index (χ4n) is 2.44. The van der Waals surface area contributed by atoms with E-state index >= 15 is 0 Å². The molecule has 0 fully saturated rings. The Labute approximate surface area is 158 Å². The fourth-order valence-corrected chi connectivity index (χ4v) is 2.63. The molecule has 0 radical (unpaired) electrons. The van der Waals surface area contributed by atoms with Crippen LogP contribution in [0.5, 0.6) is 0 Å². The van der Waals surface area contributed by atoms with Crippen LogP contribution in [0.15, 0.2) is 60.7 Å². The molecule has 1 heterocycles. The van der Waals surface area contributed by atoms with Gasteiger partial charge >= 0.3 is 0 Å². The van der Waals surface area contributed by atoms with Gasteiger partial charge < -0.3 is 4.55 Å². The largest absolute Gasteiger partial charge is 0.726 e. The van der Waals surface area contributed by atoms with Gasteiger partial charge in [0, 0.05) is 16.7 Å². The maximum atomic E-state index is 9.22. The molecule has 0 aliphatic rings. The van der Waals surface area contributed by atoms with E-state index in [1.165, 1.54) is 11.3 Å². The number of benzene rings is 2. The van der Waals surface area contributed by atoms with Gasteiger partial charge in [0.25, 0.3) is 0 Å². The SMILES string of the molecule is COS(=O)(=O)[O-].Cn1c(-c2ccccc2)cc(-c2cccc(Cl)c2)[n+]1C. The lowest BCUT2D eigenvalue weighted by atomic mass is 10.1. The topological polar surface area (TPSA) is 75.2 Å². The number of hydrogen-bond acceptors (Lipinski definition) is 4. The Bertz CT molecular complexity index is 986. The van der Waals surface area contributed by atoms with E-state index in [0.29, 0.717) is 0 Å². The van der Waals surface area contributed by atoms with Crippen LogP contribution in [0.2, 0.25) is 5.02 Å². The Hall–Kier alpha value is -2.19. The molecule has 0 saturated heterocycles. The van der Waals surface area contributed by atoms with E-state index in [1.807, 2.05) is 24.3 Å². The monoisotopic (exact) mass is 394 g/mol. The van der Waals surface area contributed by atoms with Crippen LogP contribution in [0.3, 0.4) is 0 Å². The van der Waals surface area contributed by atoms with E-state index < -0.39 is 10.4 Å². The molecular weight excluding hydrogens is 376 g/mol. The molecule has 0 amide bonds. The molecule has 0 aliphatic carbocycles. The van der Waals surface area contributed by atoms with Crippen molar-refractivity contribution in [1.82, 2.24) is 4.68 Å². The molecule has 6 nitrogen and oxygen atoms in total. The van der Waals surface area contributed by atoms with Crippen LogP contribution >= 0.6 is 11.6 Å². The van der Waals surface area contributed by atoms with Gasteiger partial charge in [0.1, 0.15) is 5.69 Å². The second-order valence-corrected chi connectivity index (χ2v) is 7.00. The van der Waals surface area contributed by atoms with Gasteiger partial charge in [0.2, 0.25) is 16.1 Å². The first-order valence-electron chi connectivity index (χ1n) is 7.61. The third kappa shape index (κ3) is 5.15. The highest BCUT2D eigenvalue weighted by Crippen LogP contribution is 2.25. The standard InChI is InChI=1S/C17H16ClN2.CH4O4S/c1-19-16(13-7-4-3-5-8-13)12-17(20(19)2)14-9-6-10-15(18)11-14;1-5-6(2,3)4/h3-12H,1-2H3;1H3,(H,2,3,4)/q+1;/p-1. The zero-order valence-electron chi connectivity index (χ0n) is 14.6. The van der Waals surface area contributed by atoms with Gasteiger partial charge in [0.05, 0.1) is 19.7 Å². The summed E-state index contributed by atoms with van der Waals surface area (Å²) in [6, 6.07) is 20.5. The first kappa shape index (κ1) is 20.1. The summed E-state index contributed by atoms with van der Waals surface area (Å²) in [5.41, 5.74) is 4.66. The molecule has 0 saturated carbocycles. The summed E-state index contributed by atoms with van der Waals surface area (Å²) < 4.78 is 35.3. The van der Waals surface area contributed by atoms with Gasteiger partial charge in [-0.25, -0.2) is 8.42 Å². The van der Waals surface area contributed by atoms with E-state index in [-0.39, 0.29) is 0 Å². The van der Waals surface area contributed by atoms with Crippen molar-refractivity contribution in [1.29, 1.82) is 0 Å². The first-order valence-corrected chi connectivity index (χ1v) is 9.33. The van der Waals surface area contributed by atoms with Gasteiger partial charge in [-0.2, -0.15) is 4.68 Å². The number of rotatable bonds is 3. The van der Waals surface area contributed by atoms with Crippen LogP contribution in [0.1, 0.15) is 0 Å². The molecule has 2 aromatic carbocycles. The lowest BCUT2D eigenvalue weighted by Gasteiger charge is -1.99. The highest BCUT2D eigenvalue weighted by molar-refractivity contribution is 7.80. The summed E-state index contributed by atoms with van der Waals surface area (Å²) in [6.07, 6.45) is 0. The molecule has 0 aliphatic heterocycles. The summed E-state index contributed by atoms with van der Waals surface area (Å²) in [7, 11) is 0.520. The minimum atomic E-state index is -4.41. The Morgan fingerprint density at radius 2 is 1.62 bits per heavy atom. The highest BCUT2D eigenvalue weighted by atomic mass is 35.5. The number of nitrogens with zero attached hydrogens (tertiary/aromatic N) is 2. The Balaban J connectivity index is 0.000000352. The predicted molar refractivity (Wildman–Crippen MR) is 99.2 cm³/mol. The Kier molecular flexibility index (Phi) is 6.55. The maximum absolute atomic E-state index is 9.22. The predicted octanol–water partition coefficient (Wildman–Crippen LogP) is 2.93. The van der Waals surface area contributed by atoms with Gasteiger partial charge in [-0.15, -0.1) is 4.68 Å². The lowest BCUT2D eigenvalue weighted by Crippen LogP contribution is -2.39. The van der Waals surface area contributed by atoms with Crippen molar-refractivity contribution < 1.29 is 21.8 Å². The van der Waals surface area contributed by atoms with E-state index in [9.17, 15) is 13.0 Å². The second-order valence-electron chi connectivity index (χ2n) is 5.41. The summed E-state index contributed by atoms with van der Waals surface area (Å²) in [6.45, 7) is 0. The van der Waals surface area contributed by atoms with E-state index in [0.717, 1.165) is 23.4 Å². The van der Waals surface area contributed by atoms with Crippen molar-refractivity contribution in [2.45, 2.75) is 0 Å². The molecular formula is C18H19ClN2O4S. The summed E-state index contributed by atoms with van der Waals surface area (Å²) >= 11 is 6.09. The average molecular weight is 395 g/mol. The maximum Gasteiger partial charge on any atom is 0.238 e. The number of halogens is 1. The fraction of sp³-hybridized carbons (Fsp3) is 0.167. The molecule has 8 heteroatoms. The molecule has 0 atom stereocenters. The first-order chi connectivity index (χ1) is 12.2. The van der Waals surface area contributed by atoms with Crippen molar-refractivity contribution in [3.63, 3.8) is 0 Å². The zero-order valence-corrected chi connectivity index (χ0v) is 16.2. The van der Waals surface area contributed by atoms with Gasteiger partial charge in [-0.3, -0.25) is 4.18 Å². The molecule has 0 spiro atoms. The van der Waals surface area contributed by atoms with Crippen LogP contribution in [0.4, 0.5) is 0 Å². The molecule has 3 rings (SSSR count). The minimum Gasteiger partial charge on any atom is -0.726 e. The minimum absolute atomic E-state index is 0.757.